The van der Waals surface area contributed by atoms with Crippen LogP contribution in [0, 0.1) is 0 Å². The van der Waals surface area contributed by atoms with Crippen molar-refractivity contribution >= 4 is 23.2 Å². The summed E-state index contributed by atoms with van der Waals surface area (Å²) in [6.45, 7) is 10.7. The van der Waals surface area contributed by atoms with Crippen molar-refractivity contribution < 1.29 is 26.0 Å². The zero-order valence-electron chi connectivity index (χ0n) is 18.2. The first kappa shape index (κ1) is 26.4. The molecule has 0 heterocycles. The van der Waals surface area contributed by atoms with E-state index in [1.54, 1.807) is 0 Å². The number of nitrogens with zero attached hydrogens (tertiary/aromatic N) is 1. The standard InChI is InChI=1S/C24H33NO.2ClH.Zr/c1-6-7-9-12-18(2)25-17-21-20(19-13-10-8-11-14-19)15-16-22(23(21)26)24(3,4)5;;;/h8,10-11,13-18,26H,6-7,9,12H2,1-5H3;2*1H;/q;;;+2/p-2. The summed E-state index contributed by atoms with van der Waals surface area (Å²) in [5, 5.41) is 11.0. The van der Waals surface area contributed by atoms with Crippen LogP contribution < -0.4 is 0 Å². The van der Waals surface area contributed by atoms with Crippen molar-refractivity contribution in [3.8, 4) is 16.9 Å². The van der Waals surface area contributed by atoms with E-state index in [4.69, 9.17) is 22.0 Å². The van der Waals surface area contributed by atoms with Crippen molar-refractivity contribution in [2.75, 3.05) is 0 Å². The van der Waals surface area contributed by atoms with E-state index < -0.39 is 20.8 Å². The third kappa shape index (κ3) is 8.95. The minimum atomic E-state index is -0.826. The molecule has 0 radical (unpaired) electrons. The van der Waals surface area contributed by atoms with Gasteiger partial charge in [-0.05, 0) is 35.4 Å². The molecule has 0 bridgehead atoms. The summed E-state index contributed by atoms with van der Waals surface area (Å²) in [5.74, 6) is 0.350. The normalized spacial score (nSPS) is 12.4. The zero-order chi connectivity index (χ0) is 21.9. The van der Waals surface area contributed by atoms with E-state index in [0.717, 1.165) is 28.7 Å². The average Bonchev–Trinajstić information content (AvgIpc) is 2.67. The van der Waals surface area contributed by atoms with Gasteiger partial charge in [0.2, 0.25) is 0 Å². The fraction of sp³-hybridized carbons (Fsp3) is 0.458. The third-order valence-corrected chi connectivity index (χ3v) is 4.79. The Kier molecular flexibility index (Phi) is 12.4. The number of phenolic OH excluding ortho intramolecular Hbond substituents is 1. The Balaban J connectivity index is 0.00000132. The Bertz CT molecular complexity index is 757. The predicted molar refractivity (Wildman–Crippen MR) is 125 cm³/mol. The summed E-state index contributed by atoms with van der Waals surface area (Å²) < 4.78 is 0. The summed E-state index contributed by atoms with van der Waals surface area (Å²) in [4.78, 5) is 4.75. The molecular formula is C24H33Cl2NOZr. The van der Waals surface area contributed by atoms with Crippen molar-refractivity contribution in [3.05, 3.63) is 53.6 Å². The molecule has 1 unspecified atom stereocenters. The van der Waals surface area contributed by atoms with Crippen LogP contribution in [-0.2, 0) is 26.3 Å². The predicted octanol–water partition coefficient (Wildman–Crippen LogP) is 8.12. The number of halogens is 2. The Morgan fingerprint density at radius 2 is 1.69 bits per heavy atom. The number of benzene rings is 2. The molecule has 5 heteroatoms. The number of rotatable bonds is 7. The molecule has 2 nitrogen and oxygen atoms in total. The van der Waals surface area contributed by atoms with E-state index >= 15 is 0 Å². The molecule has 0 aliphatic carbocycles. The molecule has 0 saturated heterocycles. The van der Waals surface area contributed by atoms with Gasteiger partial charge >= 0.3 is 37.9 Å². The average molecular weight is 514 g/mol. The van der Waals surface area contributed by atoms with Crippen molar-refractivity contribution in [2.45, 2.75) is 71.8 Å². The van der Waals surface area contributed by atoms with Crippen LogP contribution in [0.1, 0.15) is 71.4 Å². The van der Waals surface area contributed by atoms with Crippen LogP contribution in [0.25, 0.3) is 11.1 Å². The summed E-state index contributed by atoms with van der Waals surface area (Å²) in [5.41, 5.74) is 3.79. The SMILES string of the molecule is CCCCCC(C)N=Cc1c(-c2ccccc2)ccc(C(C)(C)C)c1O.[Cl][Zr][Cl]. The van der Waals surface area contributed by atoms with Gasteiger partial charge in [0.05, 0.1) is 0 Å². The third-order valence-electron chi connectivity index (χ3n) is 4.79. The van der Waals surface area contributed by atoms with Crippen molar-refractivity contribution in [1.29, 1.82) is 0 Å². The molecule has 2 aromatic rings. The van der Waals surface area contributed by atoms with Gasteiger partial charge < -0.3 is 5.11 Å². The monoisotopic (exact) mass is 511 g/mol. The minimum absolute atomic E-state index is 0.116. The van der Waals surface area contributed by atoms with Crippen LogP contribution in [0.15, 0.2) is 47.5 Å². The topological polar surface area (TPSA) is 32.6 Å². The Morgan fingerprint density at radius 1 is 1.07 bits per heavy atom. The summed E-state index contributed by atoms with van der Waals surface area (Å²) >= 11 is -0.826. The number of hydrogen-bond donors (Lipinski definition) is 1. The first-order chi connectivity index (χ1) is 13.8. The van der Waals surface area contributed by atoms with Gasteiger partial charge in [-0.1, -0.05) is 89.4 Å². The maximum absolute atomic E-state index is 11.0. The fourth-order valence-electron chi connectivity index (χ4n) is 3.18. The first-order valence-corrected chi connectivity index (χ1v) is 16.5. The van der Waals surface area contributed by atoms with E-state index in [0.29, 0.717) is 5.75 Å². The van der Waals surface area contributed by atoms with Gasteiger partial charge in [-0.2, -0.15) is 0 Å². The van der Waals surface area contributed by atoms with Gasteiger partial charge in [-0.25, -0.2) is 0 Å². The van der Waals surface area contributed by atoms with E-state index in [1.807, 2.05) is 30.5 Å². The first-order valence-electron chi connectivity index (χ1n) is 10.2. The van der Waals surface area contributed by atoms with Crippen molar-refractivity contribution in [2.24, 2.45) is 4.99 Å². The molecule has 0 amide bonds. The molecule has 0 spiro atoms. The maximum atomic E-state index is 11.0. The molecule has 2 rings (SSSR count). The molecule has 1 N–H and O–H groups in total. The number of aliphatic imine (C=N–C) groups is 1. The Labute approximate surface area is 195 Å². The van der Waals surface area contributed by atoms with Crippen LogP contribution in [-0.4, -0.2) is 17.4 Å². The number of phenols is 1. The molecule has 29 heavy (non-hydrogen) atoms. The molecule has 1 atom stereocenters. The van der Waals surface area contributed by atoms with Gasteiger partial charge in [-0.3, -0.25) is 4.99 Å². The second kappa shape index (κ2) is 13.6. The molecule has 0 aliphatic rings. The number of unbranched alkanes of at least 4 members (excludes halogenated alkanes) is 2. The van der Waals surface area contributed by atoms with E-state index in [9.17, 15) is 5.11 Å². The van der Waals surface area contributed by atoms with Crippen LogP contribution >= 0.6 is 17.0 Å². The summed E-state index contributed by atoms with van der Waals surface area (Å²) in [7, 11) is 9.87. The van der Waals surface area contributed by atoms with E-state index in [2.05, 4.69) is 52.8 Å². The van der Waals surface area contributed by atoms with Gasteiger partial charge in [0, 0.05) is 17.8 Å². The number of hydrogen-bond acceptors (Lipinski definition) is 2. The van der Waals surface area contributed by atoms with Gasteiger partial charge in [0.25, 0.3) is 0 Å². The molecule has 158 valence electrons. The number of aromatic hydroxyl groups is 1. The van der Waals surface area contributed by atoms with Crippen molar-refractivity contribution in [1.82, 2.24) is 0 Å². The van der Waals surface area contributed by atoms with E-state index in [1.165, 1.54) is 19.3 Å². The Hall–Kier alpha value is -0.627. The fourth-order valence-corrected chi connectivity index (χ4v) is 3.18. The van der Waals surface area contributed by atoms with Crippen LogP contribution in [0.3, 0.4) is 0 Å². The molecule has 0 fully saturated rings. The van der Waals surface area contributed by atoms with Crippen LogP contribution in [0.2, 0.25) is 0 Å². The molecule has 0 saturated carbocycles. The van der Waals surface area contributed by atoms with Crippen LogP contribution in [0.4, 0.5) is 0 Å². The molecular weight excluding hydrogens is 480 g/mol. The van der Waals surface area contributed by atoms with Crippen molar-refractivity contribution in [3.63, 3.8) is 0 Å². The molecule has 0 aromatic heterocycles. The molecule has 0 aliphatic heterocycles. The van der Waals surface area contributed by atoms with Gasteiger partial charge in [-0.15, -0.1) is 0 Å². The van der Waals surface area contributed by atoms with Gasteiger partial charge in [0.15, 0.2) is 0 Å². The summed E-state index contributed by atoms with van der Waals surface area (Å²) in [6, 6.07) is 14.6. The second-order valence-electron chi connectivity index (χ2n) is 8.23. The Morgan fingerprint density at radius 3 is 2.24 bits per heavy atom. The second-order valence-corrected chi connectivity index (χ2v) is 12.0. The van der Waals surface area contributed by atoms with Gasteiger partial charge in [0.1, 0.15) is 5.75 Å². The molecule has 2 aromatic carbocycles. The quantitative estimate of drug-likeness (QED) is 0.294. The zero-order valence-corrected chi connectivity index (χ0v) is 22.1. The summed E-state index contributed by atoms with van der Waals surface area (Å²) in [6.07, 6.45) is 6.64. The van der Waals surface area contributed by atoms with E-state index in [-0.39, 0.29) is 11.5 Å². The van der Waals surface area contributed by atoms with Crippen LogP contribution in [0.5, 0.6) is 5.75 Å².